The molecular formula is C19H25N5. The highest BCUT2D eigenvalue weighted by Crippen LogP contribution is 2.31. The lowest BCUT2D eigenvalue weighted by molar-refractivity contribution is 0.792. The number of hydrogen-bond donors (Lipinski definition) is 0. The molecule has 0 bridgehead atoms. The lowest BCUT2D eigenvalue weighted by Gasteiger charge is -2.21. The fraction of sp³-hybridized carbons (Fsp3) is 0.421. The molecule has 0 N–H and O–H groups in total. The lowest BCUT2D eigenvalue weighted by Crippen LogP contribution is -2.25. The fourth-order valence-corrected chi connectivity index (χ4v) is 3.25. The van der Waals surface area contributed by atoms with Crippen LogP contribution >= 0.6 is 0 Å². The Bertz CT molecular complexity index is 890. The van der Waals surface area contributed by atoms with Gasteiger partial charge in [0.1, 0.15) is 5.82 Å². The normalized spacial score (nSPS) is 11.2. The summed E-state index contributed by atoms with van der Waals surface area (Å²) in [6.45, 7) is 14.4. The van der Waals surface area contributed by atoms with Crippen LogP contribution in [0.25, 0.3) is 16.9 Å². The Morgan fingerprint density at radius 2 is 1.75 bits per heavy atom. The van der Waals surface area contributed by atoms with Crippen LogP contribution in [0.1, 0.15) is 36.4 Å². The summed E-state index contributed by atoms with van der Waals surface area (Å²) in [5.74, 6) is 1.08. The van der Waals surface area contributed by atoms with Crippen molar-refractivity contribution in [3.8, 4) is 11.3 Å². The van der Waals surface area contributed by atoms with Gasteiger partial charge in [-0.05, 0) is 52.7 Å². The Morgan fingerprint density at radius 1 is 1.04 bits per heavy atom. The highest BCUT2D eigenvalue weighted by Gasteiger charge is 2.20. The van der Waals surface area contributed by atoms with Crippen molar-refractivity contribution in [1.29, 1.82) is 0 Å². The minimum absolute atomic E-state index is 0.883. The number of rotatable bonds is 4. The van der Waals surface area contributed by atoms with E-state index in [1.165, 1.54) is 5.56 Å². The van der Waals surface area contributed by atoms with Crippen LogP contribution in [0.2, 0.25) is 0 Å². The van der Waals surface area contributed by atoms with E-state index in [2.05, 4.69) is 49.7 Å². The van der Waals surface area contributed by atoms with E-state index in [4.69, 9.17) is 10.1 Å². The average Bonchev–Trinajstić information content (AvgIpc) is 2.85. The first-order valence-electron chi connectivity index (χ1n) is 8.51. The molecule has 0 aliphatic rings. The van der Waals surface area contributed by atoms with Gasteiger partial charge >= 0.3 is 0 Å². The Balaban J connectivity index is 2.32. The molecule has 0 unspecified atom stereocenters. The van der Waals surface area contributed by atoms with Gasteiger partial charge in [-0.15, -0.1) is 0 Å². The molecule has 0 amide bonds. The van der Waals surface area contributed by atoms with E-state index in [1.54, 1.807) is 0 Å². The molecule has 3 aromatic rings. The minimum Gasteiger partial charge on any atom is -0.357 e. The van der Waals surface area contributed by atoms with Crippen molar-refractivity contribution in [2.75, 3.05) is 18.0 Å². The lowest BCUT2D eigenvalue weighted by atomic mass is 10.1. The van der Waals surface area contributed by atoms with E-state index < -0.39 is 0 Å². The topological polar surface area (TPSA) is 46.3 Å². The first kappa shape index (κ1) is 16.4. The van der Waals surface area contributed by atoms with Gasteiger partial charge in [0.15, 0.2) is 5.65 Å². The van der Waals surface area contributed by atoms with Gasteiger partial charge in [0.25, 0.3) is 0 Å². The van der Waals surface area contributed by atoms with Gasteiger partial charge in [-0.1, -0.05) is 6.07 Å². The summed E-state index contributed by atoms with van der Waals surface area (Å²) >= 11 is 0. The van der Waals surface area contributed by atoms with Crippen LogP contribution in [0.15, 0.2) is 18.3 Å². The van der Waals surface area contributed by atoms with Crippen LogP contribution in [-0.4, -0.2) is 32.7 Å². The molecule has 0 spiro atoms. The Kier molecular flexibility index (Phi) is 4.26. The zero-order valence-electron chi connectivity index (χ0n) is 15.4. The van der Waals surface area contributed by atoms with E-state index in [1.807, 2.05) is 24.6 Å². The number of pyridine rings is 1. The van der Waals surface area contributed by atoms with Crippen molar-refractivity contribution in [1.82, 2.24) is 19.6 Å². The standard InChI is InChI=1S/C19H25N5/c1-7-23(8-2)16-10-14(5)21-19-17(15(6)22-24(16)19)18-13(4)9-12(3)11-20-18/h9-11H,7-8H2,1-6H3. The molecule has 0 aliphatic carbocycles. The van der Waals surface area contributed by atoms with Crippen molar-refractivity contribution >= 4 is 11.5 Å². The van der Waals surface area contributed by atoms with Crippen LogP contribution in [0.3, 0.4) is 0 Å². The molecule has 5 nitrogen and oxygen atoms in total. The number of hydrogen-bond acceptors (Lipinski definition) is 4. The predicted molar refractivity (Wildman–Crippen MR) is 98.7 cm³/mol. The van der Waals surface area contributed by atoms with Gasteiger partial charge in [-0.2, -0.15) is 9.61 Å². The van der Waals surface area contributed by atoms with Crippen molar-refractivity contribution in [3.63, 3.8) is 0 Å². The second-order valence-corrected chi connectivity index (χ2v) is 6.30. The molecule has 0 saturated carbocycles. The average molecular weight is 323 g/mol. The van der Waals surface area contributed by atoms with E-state index in [-0.39, 0.29) is 0 Å². The Morgan fingerprint density at radius 3 is 2.38 bits per heavy atom. The Labute approximate surface area is 143 Å². The van der Waals surface area contributed by atoms with E-state index in [9.17, 15) is 0 Å². The maximum Gasteiger partial charge on any atom is 0.167 e. The smallest absolute Gasteiger partial charge is 0.167 e. The summed E-state index contributed by atoms with van der Waals surface area (Å²) in [5.41, 5.74) is 7.16. The summed E-state index contributed by atoms with van der Waals surface area (Å²) in [4.78, 5) is 11.7. The summed E-state index contributed by atoms with van der Waals surface area (Å²) in [6.07, 6.45) is 1.91. The molecule has 24 heavy (non-hydrogen) atoms. The van der Waals surface area contributed by atoms with Gasteiger partial charge in [-0.3, -0.25) is 4.98 Å². The second kappa shape index (κ2) is 6.23. The summed E-state index contributed by atoms with van der Waals surface area (Å²) in [7, 11) is 0. The third kappa shape index (κ3) is 2.64. The Hall–Kier alpha value is -2.43. The van der Waals surface area contributed by atoms with E-state index in [0.29, 0.717) is 0 Å². The molecule has 3 aromatic heterocycles. The highest BCUT2D eigenvalue weighted by molar-refractivity contribution is 5.80. The van der Waals surface area contributed by atoms with Crippen molar-refractivity contribution in [3.05, 3.63) is 40.8 Å². The zero-order valence-corrected chi connectivity index (χ0v) is 15.4. The number of aromatic nitrogens is 4. The SMILES string of the molecule is CCN(CC)c1cc(C)nc2c(-c3ncc(C)cc3C)c(C)nn12. The fourth-order valence-electron chi connectivity index (χ4n) is 3.25. The summed E-state index contributed by atoms with van der Waals surface area (Å²) in [5, 5.41) is 4.78. The van der Waals surface area contributed by atoms with E-state index >= 15 is 0 Å². The second-order valence-electron chi connectivity index (χ2n) is 6.30. The zero-order chi connectivity index (χ0) is 17.4. The molecule has 0 fully saturated rings. The van der Waals surface area contributed by atoms with Crippen molar-refractivity contribution < 1.29 is 0 Å². The van der Waals surface area contributed by atoms with Gasteiger partial charge < -0.3 is 4.90 Å². The third-order valence-electron chi connectivity index (χ3n) is 4.41. The highest BCUT2D eigenvalue weighted by atomic mass is 15.3. The minimum atomic E-state index is 0.883. The van der Waals surface area contributed by atoms with Gasteiger partial charge in [-0.25, -0.2) is 4.98 Å². The molecule has 3 rings (SSSR count). The van der Waals surface area contributed by atoms with Crippen LogP contribution in [-0.2, 0) is 0 Å². The molecule has 0 saturated heterocycles. The number of aryl methyl sites for hydroxylation is 4. The van der Waals surface area contributed by atoms with Gasteiger partial charge in [0.2, 0.25) is 0 Å². The van der Waals surface area contributed by atoms with Gasteiger partial charge in [0.05, 0.1) is 17.0 Å². The maximum atomic E-state index is 4.78. The molecule has 0 atom stereocenters. The largest absolute Gasteiger partial charge is 0.357 e. The van der Waals surface area contributed by atoms with Crippen LogP contribution < -0.4 is 4.90 Å². The molecule has 0 radical (unpaired) electrons. The predicted octanol–water partition coefficient (Wildman–Crippen LogP) is 3.87. The van der Waals surface area contributed by atoms with Crippen LogP contribution in [0.5, 0.6) is 0 Å². The van der Waals surface area contributed by atoms with Crippen LogP contribution in [0.4, 0.5) is 5.82 Å². The number of fused-ring (bicyclic) bond motifs is 1. The molecule has 5 heteroatoms. The van der Waals surface area contributed by atoms with Gasteiger partial charge in [0, 0.05) is 31.0 Å². The molecule has 126 valence electrons. The monoisotopic (exact) mass is 323 g/mol. The quantitative estimate of drug-likeness (QED) is 0.731. The van der Waals surface area contributed by atoms with E-state index in [0.717, 1.165) is 52.8 Å². The molecule has 3 heterocycles. The van der Waals surface area contributed by atoms with Crippen molar-refractivity contribution in [2.24, 2.45) is 0 Å². The number of anilines is 1. The first-order valence-corrected chi connectivity index (χ1v) is 8.51. The number of nitrogens with zero attached hydrogens (tertiary/aromatic N) is 5. The van der Waals surface area contributed by atoms with Crippen LogP contribution in [0, 0.1) is 27.7 Å². The summed E-state index contributed by atoms with van der Waals surface area (Å²) in [6, 6.07) is 4.26. The molecular weight excluding hydrogens is 298 g/mol. The molecule has 0 aliphatic heterocycles. The maximum absolute atomic E-state index is 4.78. The third-order valence-corrected chi connectivity index (χ3v) is 4.41. The summed E-state index contributed by atoms with van der Waals surface area (Å²) < 4.78 is 1.96. The molecule has 0 aromatic carbocycles. The van der Waals surface area contributed by atoms with Crippen molar-refractivity contribution in [2.45, 2.75) is 41.5 Å². The first-order chi connectivity index (χ1) is 11.5.